The smallest absolute Gasteiger partial charge is 0.272 e. The van der Waals surface area contributed by atoms with E-state index in [1.165, 1.54) is 0 Å². The molecule has 13 heavy (non-hydrogen) atoms. The molecule has 0 aliphatic carbocycles. The fraction of sp³-hybridized carbons (Fsp3) is 0.667. The molecule has 0 bridgehead atoms. The summed E-state index contributed by atoms with van der Waals surface area (Å²) in [6.45, 7) is 6.30. The molecule has 0 N–H and O–H groups in total. The monoisotopic (exact) mass is 188 g/mol. The second-order valence-corrected chi connectivity index (χ2v) is 3.28. The molecule has 2 nitrogen and oxygen atoms in total. The molecule has 0 saturated carbocycles. The lowest BCUT2D eigenvalue weighted by atomic mass is 10.0. The first-order valence-electron chi connectivity index (χ1n) is 4.41. The molecule has 0 atom stereocenters. The van der Waals surface area contributed by atoms with Gasteiger partial charge in [-0.1, -0.05) is 13.8 Å². The number of aryl methyl sites for hydroxylation is 1. The van der Waals surface area contributed by atoms with Crippen molar-refractivity contribution >= 4 is 0 Å². The highest BCUT2D eigenvalue weighted by Gasteiger charge is 2.19. The van der Waals surface area contributed by atoms with E-state index in [2.05, 4.69) is 5.10 Å². The van der Waals surface area contributed by atoms with Gasteiger partial charge in [-0.05, 0) is 12.8 Å². The molecule has 1 aromatic heterocycles. The highest BCUT2D eigenvalue weighted by Crippen LogP contribution is 2.26. The molecule has 0 unspecified atom stereocenters. The minimum atomic E-state index is -2.47. The van der Waals surface area contributed by atoms with Gasteiger partial charge in [0.25, 0.3) is 6.43 Å². The van der Waals surface area contributed by atoms with Gasteiger partial charge < -0.3 is 0 Å². The van der Waals surface area contributed by atoms with Crippen LogP contribution in [0.5, 0.6) is 0 Å². The first-order valence-corrected chi connectivity index (χ1v) is 4.41. The minimum Gasteiger partial charge on any atom is -0.272 e. The summed E-state index contributed by atoms with van der Waals surface area (Å²) in [5, 5.41) is 3.82. The Hall–Kier alpha value is -0.930. The molecule has 0 spiro atoms. The highest BCUT2D eigenvalue weighted by atomic mass is 19.3. The molecule has 4 heteroatoms. The molecule has 74 valence electrons. The molecule has 0 radical (unpaired) electrons. The van der Waals surface area contributed by atoms with Crippen LogP contribution in [0, 0.1) is 0 Å². The summed E-state index contributed by atoms with van der Waals surface area (Å²) >= 11 is 0. The van der Waals surface area contributed by atoms with Crippen LogP contribution in [0.15, 0.2) is 6.20 Å². The van der Waals surface area contributed by atoms with Crippen LogP contribution in [0.4, 0.5) is 8.78 Å². The number of halogens is 2. The maximum atomic E-state index is 12.5. The number of rotatable bonds is 3. The molecule has 1 rings (SSSR count). The fourth-order valence-electron chi connectivity index (χ4n) is 1.23. The van der Waals surface area contributed by atoms with Crippen molar-refractivity contribution in [3.8, 4) is 0 Å². The second kappa shape index (κ2) is 3.85. The third-order valence-corrected chi connectivity index (χ3v) is 1.97. The van der Waals surface area contributed by atoms with E-state index in [0.29, 0.717) is 12.1 Å². The largest absolute Gasteiger partial charge is 0.282 e. The summed E-state index contributed by atoms with van der Waals surface area (Å²) in [4.78, 5) is 0. The first kappa shape index (κ1) is 10.2. The Morgan fingerprint density at radius 1 is 1.46 bits per heavy atom. The average Bonchev–Trinajstić information content (AvgIpc) is 2.47. The van der Waals surface area contributed by atoms with Crippen LogP contribution in [-0.2, 0) is 6.54 Å². The summed E-state index contributed by atoms with van der Waals surface area (Å²) in [6.07, 6.45) is -0.767. The lowest BCUT2D eigenvalue weighted by molar-refractivity contribution is 0.143. The van der Waals surface area contributed by atoms with Crippen molar-refractivity contribution in [1.29, 1.82) is 0 Å². The van der Waals surface area contributed by atoms with Crippen molar-refractivity contribution in [2.24, 2.45) is 0 Å². The van der Waals surface area contributed by atoms with Crippen molar-refractivity contribution in [2.45, 2.75) is 39.7 Å². The number of nitrogens with zero attached hydrogens (tertiary/aromatic N) is 2. The van der Waals surface area contributed by atoms with Crippen molar-refractivity contribution in [3.63, 3.8) is 0 Å². The standard InChI is InChI=1S/C9H14F2N2/c1-4-13-5-7(6(2)3)8(12-13)9(10)11/h5-6,9H,4H2,1-3H3. The summed E-state index contributed by atoms with van der Waals surface area (Å²) < 4.78 is 26.5. The number of alkyl halides is 2. The van der Waals surface area contributed by atoms with Crippen LogP contribution in [-0.4, -0.2) is 9.78 Å². The maximum absolute atomic E-state index is 12.5. The van der Waals surface area contributed by atoms with E-state index in [-0.39, 0.29) is 11.6 Å². The van der Waals surface area contributed by atoms with Crippen LogP contribution in [0.1, 0.15) is 44.4 Å². The Balaban J connectivity index is 3.08. The average molecular weight is 188 g/mol. The topological polar surface area (TPSA) is 17.8 Å². The van der Waals surface area contributed by atoms with E-state index in [9.17, 15) is 8.78 Å². The molecule has 0 saturated heterocycles. The van der Waals surface area contributed by atoms with Crippen LogP contribution in [0.25, 0.3) is 0 Å². The van der Waals surface area contributed by atoms with Gasteiger partial charge in [0.1, 0.15) is 5.69 Å². The van der Waals surface area contributed by atoms with Crippen LogP contribution in [0.3, 0.4) is 0 Å². The zero-order chi connectivity index (χ0) is 10.0. The van der Waals surface area contributed by atoms with Crippen molar-refractivity contribution in [2.75, 3.05) is 0 Å². The second-order valence-electron chi connectivity index (χ2n) is 3.28. The molecule has 0 aliphatic heterocycles. The van der Waals surface area contributed by atoms with Gasteiger partial charge in [0.15, 0.2) is 0 Å². The SMILES string of the molecule is CCn1cc(C(C)C)c(C(F)F)n1. The van der Waals surface area contributed by atoms with Gasteiger partial charge in [0.05, 0.1) is 0 Å². The van der Waals surface area contributed by atoms with Gasteiger partial charge in [0.2, 0.25) is 0 Å². The Morgan fingerprint density at radius 2 is 2.08 bits per heavy atom. The predicted octanol–water partition coefficient (Wildman–Crippen LogP) is 2.96. The van der Waals surface area contributed by atoms with Gasteiger partial charge >= 0.3 is 0 Å². The van der Waals surface area contributed by atoms with E-state index < -0.39 is 6.43 Å². The molecule has 0 aliphatic rings. The molecular weight excluding hydrogens is 174 g/mol. The number of hydrogen-bond acceptors (Lipinski definition) is 1. The molecule has 0 aromatic carbocycles. The van der Waals surface area contributed by atoms with E-state index >= 15 is 0 Å². The predicted molar refractivity (Wildman–Crippen MR) is 46.9 cm³/mol. The van der Waals surface area contributed by atoms with E-state index in [0.717, 1.165) is 0 Å². The van der Waals surface area contributed by atoms with Crippen LogP contribution in [0.2, 0.25) is 0 Å². The van der Waals surface area contributed by atoms with Gasteiger partial charge in [-0.15, -0.1) is 0 Å². The summed E-state index contributed by atoms with van der Waals surface area (Å²) in [7, 11) is 0. The molecule has 1 heterocycles. The summed E-state index contributed by atoms with van der Waals surface area (Å²) in [5.41, 5.74) is 0.578. The Labute approximate surface area is 76.6 Å². The van der Waals surface area contributed by atoms with Gasteiger partial charge in [-0.2, -0.15) is 5.10 Å². The quantitative estimate of drug-likeness (QED) is 0.713. The zero-order valence-electron chi connectivity index (χ0n) is 8.09. The Kier molecular flexibility index (Phi) is 3.01. The van der Waals surface area contributed by atoms with Crippen LogP contribution >= 0.6 is 0 Å². The normalized spacial score (nSPS) is 11.6. The summed E-state index contributed by atoms with van der Waals surface area (Å²) in [6, 6.07) is 0. The van der Waals surface area contributed by atoms with Crippen molar-refractivity contribution < 1.29 is 8.78 Å². The minimum absolute atomic E-state index is 0.0724. The Bertz CT molecular complexity index is 254. The zero-order valence-corrected chi connectivity index (χ0v) is 8.09. The van der Waals surface area contributed by atoms with Gasteiger partial charge in [-0.3, -0.25) is 4.68 Å². The van der Waals surface area contributed by atoms with Crippen molar-refractivity contribution in [1.82, 2.24) is 9.78 Å². The highest BCUT2D eigenvalue weighted by molar-refractivity contribution is 5.21. The van der Waals surface area contributed by atoms with E-state index in [1.807, 2.05) is 20.8 Å². The number of hydrogen-bond donors (Lipinski definition) is 0. The molecule has 1 aromatic rings. The molecular formula is C9H14F2N2. The third kappa shape index (κ3) is 2.05. The van der Waals surface area contributed by atoms with E-state index in [4.69, 9.17) is 0 Å². The van der Waals surface area contributed by atoms with Gasteiger partial charge in [-0.25, -0.2) is 8.78 Å². The lowest BCUT2D eigenvalue weighted by Crippen LogP contribution is -1.96. The van der Waals surface area contributed by atoms with Crippen LogP contribution < -0.4 is 0 Å². The van der Waals surface area contributed by atoms with Gasteiger partial charge in [0, 0.05) is 18.3 Å². The Morgan fingerprint density at radius 3 is 2.38 bits per heavy atom. The van der Waals surface area contributed by atoms with E-state index in [1.54, 1.807) is 10.9 Å². The molecule has 0 amide bonds. The summed E-state index contributed by atoms with van der Waals surface area (Å²) in [5.74, 6) is 0.101. The first-order chi connectivity index (χ1) is 6.06. The fourth-order valence-corrected chi connectivity index (χ4v) is 1.23. The third-order valence-electron chi connectivity index (χ3n) is 1.97. The maximum Gasteiger partial charge on any atom is 0.282 e. The lowest BCUT2D eigenvalue weighted by Gasteiger charge is -2.02. The van der Waals surface area contributed by atoms with Crippen molar-refractivity contribution in [3.05, 3.63) is 17.5 Å². The number of aromatic nitrogens is 2. The molecule has 0 fully saturated rings.